The average Bonchev–Trinajstić information content (AvgIpc) is 2.13. The highest BCUT2D eigenvalue weighted by atomic mass is 14.9. The Morgan fingerprint density at radius 2 is 1.85 bits per heavy atom. The monoisotopic (exact) mass is 186 g/mol. The molecular weight excluding hydrogens is 160 g/mol. The lowest BCUT2D eigenvalue weighted by Crippen LogP contribution is -2.31. The molecule has 0 aliphatic carbocycles. The molecule has 0 spiro atoms. The van der Waals surface area contributed by atoms with Gasteiger partial charge in [0.2, 0.25) is 0 Å². The van der Waals surface area contributed by atoms with E-state index in [9.17, 15) is 0 Å². The van der Waals surface area contributed by atoms with Crippen molar-refractivity contribution in [3.05, 3.63) is 0 Å². The lowest BCUT2D eigenvalue weighted by Gasteiger charge is -2.16. The summed E-state index contributed by atoms with van der Waals surface area (Å²) in [6, 6.07) is 0.659. The molecule has 1 unspecified atom stereocenters. The molecule has 0 fully saturated rings. The summed E-state index contributed by atoms with van der Waals surface area (Å²) in [5.74, 6) is 0. The van der Waals surface area contributed by atoms with E-state index in [1.165, 1.54) is 38.6 Å². The predicted molar refractivity (Wildman–Crippen MR) is 59.9 cm³/mol. The molecule has 2 nitrogen and oxygen atoms in total. The predicted octanol–water partition coefficient (Wildman–Crippen LogP) is 2.28. The highest BCUT2D eigenvalue weighted by molar-refractivity contribution is 4.66. The van der Waals surface area contributed by atoms with Crippen LogP contribution in [0.25, 0.3) is 0 Å². The fourth-order valence-electron chi connectivity index (χ4n) is 1.58. The van der Waals surface area contributed by atoms with E-state index in [1.807, 2.05) is 0 Å². The highest BCUT2D eigenvalue weighted by Crippen LogP contribution is 2.01. The van der Waals surface area contributed by atoms with E-state index >= 15 is 0 Å². The van der Waals surface area contributed by atoms with Crippen LogP contribution in [0.1, 0.15) is 52.4 Å². The van der Waals surface area contributed by atoms with E-state index < -0.39 is 0 Å². The standard InChI is InChI=1S/C11H26N2/c1-3-5-6-10-13-11(7-4-2)8-9-12/h11,13H,3-10,12H2,1-2H3. The van der Waals surface area contributed by atoms with E-state index in [0.29, 0.717) is 6.04 Å². The number of nitrogens with one attached hydrogen (secondary N) is 1. The van der Waals surface area contributed by atoms with Crippen molar-refractivity contribution in [1.29, 1.82) is 0 Å². The second-order valence-corrected chi connectivity index (χ2v) is 3.72. The zero-order valence-electron chi connectivity index (χ0n) is 9.31. The van der Waals surface area contributed by atoms with Gasteiger partial charge < -0.3 is 11.1 Å². The minimum absolute atomic E-state index is 0.659. The van der Waals surface area contributed by atoms with Gasteiger partial charge in [-0.2, -0.15) is 0 Å². The van der Waals surface area contributed by atoms with Crippen LogP contribution in [0.15, 0.2) is 0 Å². The summed E-state index contributed by atoms with van der Waals surface area (Å²) in [6.45, 7) is 6.45. The molecule has 80 valence electrons. The number of nitrogens with two attached hydrogens (primary N) is 1. The van der Waals surface area contributed by atoms with E-state index in [0.717, 1.165) is 13.0 Å². The summed E-state index contributed by atoms with van der Waals surface area (Å²) in [5, 5.41) is 3.58. The Morgan fingerprint density at radius 3 is 2.38 bits per heavy atom. The molecule has 0 amide bonds. The van der Waals surface area contributed by atoms with Gasteiger partial charge in [-0.25, -0.2) is 0 Å². The SMILES string of the molecule is CCCCCNC(CCC)CCN. The molecule has 0 aliphatic heterocycles. The van der Waals surface area contributed by atoms with Gasteiger partial charge in [0, 0.05) is 6.04 Å². The zero-order chi connectivity index (χ0) is 9.94. The molecule has 0 saturated carbocycles. The van der Waals surface area contributed by atoms with Crippen molar-refractivity contribution in [3.63, 3.8) is 0 Å². The largest absolute Gasteiger partial charge is 0.330 e. The summed E-state index contributed by atoms with van der Waals surface area (Å²) in [5.41, 5.74) is 5.55. The summed E-state index contributed by atoms with van der Waals surface area (Å²) >= 11 is 0. The van der Waals surface area contributed by atoms with Crippen LogP contribution in [0.5, 0.6) is 0 Å². The summed E-state index contributed by atoms with van der Waals surface area (Å²) < 4.78 is 0. The van der Waals surface area contributed by atoms with E-state index in [4.69, 9.17) is 5.73 Å². The minimum Gasteiger partial charge on any atom is -0.330 e. The molecule has 0 aromatic heterocycles. The van der Waals surface area contributed by atoms with Gasteiger partial charge in [-0.3, -0.25) is 0 Å². The fraction of sp³-hybridized carbons (Fsp3) is 1.00. The number of unbranched alkanes of at least 4 members (excludes halogenated alkanes) is 2. The first-order valence-corrected chi connectivity index (χ1v) is 5.78. The molecule has 0 aromatic carbocycles. The third kappa shape index (κ3) is 8.26. The second kappa shape index (κ2) is 10.0. The fourth-order valence-corrected chi connectivity index (χ4v) is 1.58. The Balaban J connectivity index is 3.33. The first-order valence-electron chi connectivity index (χ1n) is 5.78. The van der Waals surface area contributed by atoms with Gasteiger partial charge in [0.05, 0.1) is 0 Å². The van der Waals surface area contributed by atoms with Crippen LogP contribution in [-0.4, -0.2) is 19.1 Å². The van der Waals surface area contributed by atoms with Crippen LogP contribution in [0.3, 0.4) is 0 Å². The first-order chi connectivity index (χ1) is 6.35. The maximum atomic E-state index is 5.55. The molecule has 0 aromatic rings. The van der Waals surface area contributed by atoms with Gasteiger partial charge in [-0.15, -0.1) is 0 Å². The highest BCUT2D eigenvalue weighted by Gasteiger charge is 2.04. The maximum Gasteiger partial charge on any atom is 0.00789 e. The normalized spacial score (nSPS) is 13.2. The Bertz CT molecular complexity index is 88.1. The first kappa shape index (κ1) is 12.9. The van der Waals surface area contributed by atoms with Crippen LogP contribution in [0.4, 0.5) is 0 Å². The van der Waals surface area contributed by atoms with E-state index in [1.54, 1.807) is 0 Å². The van der Waals surface area contributed by atoms with Crippen molar-refractivity contribution in [3.8, 4) is 0 Å². The molecule has 0 rings (SSSR count). The Hall–Kier alpha value is -0.0800. The van der Waals surface area contributed by atoms with Crippen molar-refractivity contribution < 1.29 is 0 Å². The summed E-state index contributed by atoms with van der Waals surface area (Å²) in [7, 11) is 0. The van der Waals surface area contributed by atoms with Gasteiger partial charge in [-0.1, -0.05) is 33.1 Å². The molecular formula is C11H26N2. The quantitative estimate of drug-likeness (QED) is 0.542. The van der Waals surface area contributed by atoms with Crippen molar-refractivity contribution in [1.82, 2.24) is 5.32 Å². The van der Waals surface area contributed by atoms with Crippen molar-refractivity contribution in [2.24, 2.45) is 5.73 Å². The van der Waals surface area contributed by atoms with Gasteiger partial charge in [-0.05, 0) is 32.4 Å². The topological polar surface area (TPSA) is 38.0 Å². The van der Waals surface area contributed by atoms with Gasteiger partial charge in [0.15, 0.2) is 0 Å². The Labute approximate surface area is 83.3 Å². The van der Waals surface area contributed by atoms with Crippen molar-refractivity contribution >= 4 is 0 Å². The lowest BCUT2D eigenvalue weighted by molar-refractivity contribution is 0.445. The van der Waals surface area contributed by atoms with Crippen LogP contribution < -0.4 is 11.1 Å². The number of rotatable bonds is 9. The van der Waals surface area contributed by atoms with Gasteiger partial charge in [0.1, 0.15) is 0 Å². The second-order valence-electron chi connectivity index (χ2n) is 3.72. The van der Waals surface area contributed by atoms with Crippen LogP contribution in [0.2, 0.25) is 0 Å². The van der Waals surface area contributed by atoms with Crippen molar-refractivity contribution in [2.75, 3.05) is 13.1 Å². The van der Waals surface area contributed by atoms with Gasteiger partial charge in [0.25, 0.3) is 0 Å². The smallest absolute Gasteiger partial charge is 0.00789 e. The summed E-state index contributed by atoms with van der Waals surface area (Å²) in [6.07, 6.45) is 7.60. The third-order valence-electron chi connectivity index (χ3n) is 2.37. The lowest BCUT2D eigenvalue weighted by atomic mass is 10.1. The van der Waals surface area contributed by atoms with Gasteiger partial charge >= 0.3 is 0 Å². The van der Waals surface area contributed by atoms with Crippen LogP contribution in [0, 0.1) is 0 Å². The van der Waals surface area contributed by atoms with E-state index in [2.05, 4.69) is 19.2 Å². The molecule has 1 atom stereocenters. The third-order valence-corrected chi connectivity index (χ3v) is 2.37. The van der Waals surface area contributed by atoms with Crippen LogP contribution in [-0.2, 0) is 0 Å². The zero-order valence-corrected chi connectivity index (χ0v) is 9.31. The molecule has 0 saturated heterocycles. The van der Waals surface area contributed by atoms with Crippen LogP contribution >= 0.6 is 0 Å². The molecule has 0 radical (unpaired) electrons. The molecule has 0 heterocycles. The average molecular weight is 186 g/mol. The number of hydrogen-bond acceptors (Lipinski definition) is 2. The molecule has 13 heavy (non-hydrogen) atoms. The summed E-state index contributed by atoms with van der Waals surface area (Å²) in [4.78, 5) is 0. The molecule has 2 heteroatoms. The number of hydrogen-bond donors (Lipinski definition) is 2. The maximum absolute atomic E-state index is 5.55. The minimum atomic E-state index is 0.659. The molecule has 3 N–H and O–H groups in total. The Morgan fingerprint density at radius 1 is 1.08 bits per heavy atom. The van der Waals surface area contributed by atoms with E-state index in [-0.39, 0.29) is 0 Å². The molecule has 0 bridgehead atoms. The van der Waals surface area contributed by atoms with Crippen molar-refractivity contribution in [2.45, 2.75) is 58.4 Å². The Kier molecular flexibility index (Phi) is 9.94. The molecule has 0 aliphatic rings.